The molecule has 0 spiro atoms. The minimum Gasteiger partial charge on any atom is -0.379 e. The number of rotatable bonds is 2. The van der Waals surface area contributed by atoms with Gasteiger partial charge in [0.25, 0.3) is 0 Å². The van der Waals surface area contributed by atoms with E-state index >= 15 is 0 Å². The van der Waals surface area contributed by atoms with Gasteiger partial charge in [-0.15, -0.1) is 0 Å². The average molecular weight is 364 g/mol. The van der Waals surface area contributed by atoms with E-state index in [1.807, 2.05) is 6.92 Å². The van der Waals surface area contributed by atoms with Crippen LogP contribution in [0.5, 0.6) is 0 Å². The maximum atomic E-state index is 14.5. The zero-order valence-corrected chi connectivity index (χ0v) is 14.5. The number of amidine groups is 1. The first-order valence-corrected chi connectivity index (χ1v) is 9.12. The van der Waals surface area contributed by atoms with Crippen molar-refractivity contribution in [3.05, 3.63) is 35.4 Å². The molecular formula is C17H18F2N4OS. The Hall–Kier alpha value is -1.80. The van der Waals surface area contributed by atoms with Crippen molar-refractivity contribution >= 4 is 28.9 Å². The quantitative estimate of drug-likeness (QED) is 0.876. The Morgan fingerprint density at radius 1 is 1.36 bits per heavy atom. The van der Waals surface area contributed by atoms with Crippen molar-refractivity contribution < 1.29 is 13.5 Å². The van der Waals surface area contributed by atoms with E-state index in [9.17, 15) is 8.78 Å². The molecule has 0 saturated carbocycles. The van der Waals surface area contributed by atoms with Gasteiger partial charge in [0.1, 0.15) is 29.4 Å². The molecule has 0 aliphatic carbocycles. The van der Waals surface area contributed by atoms with Crippen LogP contribution in [0.25, 0.3) is 0 Å². The van der Waals surface area contributed by atoms with E-state index < -0.39 is 17.2 Å². The molecule has 8 heteroatoms. The summed E-state index contributed by atoms with van der Waals surface area (Å²) in [6.45, 7) is 2.08. The van der Waals surface area contributed by atoms with E-state index in [1.165, 1.54) is 23.9 Å². The summed E-state index contributed by atoms with van der Waals surface area (Å²) in [4.78, 5) is 13.3. The van der Waals surface area contributed by atoms with Gasteiger partial charge in [0.15, 0.2) is 5.17 Å². The van der Waals surface area contributed by atoms with Gasteiger partial charge in [-0.25, -0.2) is 13.8 Å². The molecule has 1 unspecified atom stereocenters. The number of ether oxygens (including phenoxy) is 1. The standard InChI is InChI=1S/C17H18F2N4OS/c1-9-21-6-14(22-9)15-4-10-7-25-16(20)23-17(10,8-24-15)12-3-2-11(18)5-13(12)19/h2-3,5-6,9-10,15H,4,7-8H2,1H3,(H2,20,23)/t9?,10-,15+,17-/m0/s1. The van der Waals surface area contributed by atoms with Crippen LogP contribution in [-0.4, -0.2) is 41.7 Å². The summed E-state index contributed by atoms with van der Waals surface area (Å²) in [5.41, 5.74) is 6.15. The number of aliphatic imine (C=N–C) groups is 3. The Bertz CT molecular complexity index is 797. The molecule has 0 radical (unpaired) electrons. The van der Waals surface area contributed by atoms with Gasteiger partial charge in [0, 0.05) is 29.5 Å². The van der Waals surface area contributed by atoms with E-state index in [2.05, 4.69) is 15.0 Å². The Balaban J connectivity index is 1.71. The molecule has 0 amide bonds. The normalized spacial score (nSPS) is 34.4. The molecule has 4 atom stereocenters. The van der Waals surface area contributed by atoms with Gasteiger partial charge >= 0.3 is 0 Å². The first-order valence-electron chi connectivity index (χ1n) is 8.14. The van der Waals surface area contributed by atoms with Gasteiger partial charge in [-0.2, -0.15) is 0 Å². The fraction of sp³-hybridized carbons (Fsp3) is 0.471. The second-order valence-corrected chi connectivity index (χ2v) is 7.55. The molecule has 5 nitrogen and oxygen atoms in total. The van der Waals surface area contributed by atoms with Crippen LogP contribution >= 0.6 is 11.8 Å². The van der Waals surface area contributed by atoms with Crippen LogP contribution in [0.4, 0.5) is 8.78 Å². The predicted molar refractivity (Wildman–Crippen MR) is 95.4 cm³/mol. The zero-order chi connectivity index (χ0) is 17.6. The largest absolute Gasteiger partial charge is 0.379 e. The topological polar surface area (TPSA) is 72.3 Å². The molecule has 1 aromatic rings. The lowest BCUT2D eigenvalue weighted by Gasteiger charge is -2.46. The molecule has 3 heterocycles. The third kappa shape index (κ3) is 2.87. The van der Waals surface area contributed by atoms with Gasteiger partial charge < -0.3 is 10.5 Å². The minimum atomic E-state index is -0.925. The lowest BCUT2D eigenvalue weighted by atomic mass is 9.74. The molecule has 3 aliphatic heterocycles. The Morgan fingerprint density at radius 2 is 2.20 bits per heavy atom. The van der Waals surface area contributed by atoms with Gasteiger partial charge in [-0.05, 0) is 19.4 Å². The molecule has 132 valence electrons. The van der Waals surface area contributed by atoms with Crippen LogP contribution in [0.3, 0.4) is 0 Å². The number of hydrogen-bond acceptors (Lipinski definition) is 6. The monoisotopic (exact) mass is 364 g/mol. The van der Waals surface area contributed by atoms with Crippen molar-refractivity contribution in [3.8, 4) is 0 Å². The first-order chi connectivity index (χ1) is 12.0. The van der Waals surface area contributed by atoms with Crippen LogP contribution in [0.1, 0.15) is 18.9 Å². The molecule has 0 aromatic heterocycles. The fourth-order valence-electron chi connectivity index (χ4n) is 3.65. The van der Waals surface area contributed by atoms with E-state index in [0.717, 1.165) is 11.8 Å². The van der Waals surface area contributed by atoms with Crippen LogP contribution in [0.15, 0.2) is 33.2 Å². The molecular weight excluding hydrogens is 346 g/mol. The molecule has 2 N–H and O–H groups in total. The predicted octanol–water partition coefficient (Wildman–Crippen LogP) is 2.50. The highest BCUT2D eigenvalue weighted by molar-refractivity contribution is 8.13. The van der Waals surface area contributed by atoms with Gasteiger partial charge in [0.05, 0.1) is 12.3 Å². The summed E-state index contributed by atoms with van der Waals surface area (Å²) in [5, 5.41) is 0.399. The molecule has 1 aromatic carbocycles. The summed E-state index contributed by atoms with van der Waals surface area (Å²) in [5.74, 6) is -0.526. The van der Waals surface area contributed by atoms with E-state index in [0.29, 0.717) is 22.9 Å². The van der Waals surface area contributed by atoms with E-state index in [1.54, 1.807) is 6.21 Å². The van der Waals surface area contributed by atoms with Crippen LogP contribution < -0.4 is 5.73 Å². The summed E-state index contributed by atoms with van der Waals surface area (Å²) < 4.78 is 33.9. The highest BCUT2D eigenvalue weighted by Crippen LogP contribution is 2.46. The zero-order valence-electron chi connectivity index (χ0n) is 13.7. The van der Waals surface area contributed by atoms with Crippen molar-refractivity contribution in [2.45, 2.75) is 31.2 Å². The lowest BCUT2D eigenvalue weighted by molar-refractivity contribution is -0.0244. The number of nitrogens with two attached hydrogens (primary N) is 1. The van der Waals surface area contributed by atoms with Gasteiger partial charge in [-0.3, -0.25) is 9.98 Å². The summed E-state index contributed by atoms with van der Waals surface area (Å²) >= 11 is 1.45. The third-order valence-corrected chi connectivity index (χ3v) is 5.86. The van der Waals surface area contributed by atoms with Gasteiger partial charge in [-0.1, -0.05) is 17.8 Å². The number of fused-ring (bicyclic) bond motifs is 1. The Kier molecular flexibility index (Phi) is 4.11. The molecule has 1 fully saturated rings. The fourth-order valence-corrected chi connectivity index (χ4v) is 4.66. The summed E-state index contributed by atoms with van der Waals surface area (Å²) in [6.07, 6.45) is 2.10. The highest BCUT2D eigenvalue weighted by atomic mass is 32.2. The third-order valence-electron chi connectivity index (χ3n) is 4.91. The number of nitrogens with zero attached hydrogens (tertiary/aromatic N) is 3. The number of hydrogen-bond donors (Lipinski definition) is 1. The molecule has 4 rings (SSSR count). The maximum Gasteiger partial charge on any atom is 0.154 e. The maximum absolute atomic E-state index is 14.5. The average Bonchev–Trinajstić information content (AvgIpc) is 3.00. The number of thioether (sulfide) groups is 1. The minimum absolute atomic E-state index is 0.00974. The van der Waals surface area contributed by atoms with Crippen LogP contribution in [0.2, 0.25) is 0 Å². The van der Waals surface area contributed by atoms with Gasteiger partial charge in [0.2, 0.25) is 0 Å². The van der Waals surface area contributed by atoms with Crippen molar-refractivity contribution in [1.82, 2.24) is 0 Å². The first kappa shape index (κ1) is 16.7. The molecule has 25 heavy (non-hydrogen) atoms. The van der Waals surface area contributed by atoms with Crippen LogP contribution in [0, 0.1) is 17.6 Å². The van der Waals surface area contributed by atoms with Crippen molar-refractivity contribution in [2.75, 3.05) is 12.4 Å². The number of halogens is 2. The van der Waals surface area contributed by atoms with Crippen molar-refractivity contribution in [3.63, 3.8) is 0 Å². The summed E-state index contributed by atoms with van der Waals surface area (Å²) in [6, 6.07) is 3.58. The lowest BCUT2D eigenvalue weighted by Crippen LogP contribution is -2.52. The second kappa shape index (κ2) is 6.17. The SMILES string of the molecule is CC1N=CC([C@H]2C[C@H]3CSC(N)=N[C@@]3(c3ccc(F)cc3F)CO2)=N1. The second-order valence-electron chi connectivity index (χ2n) is 6.51. The highest BCUT2D eigenvalue weighted by Gasteiger charge is 2.50. The van der Waals surface area contributed by atoms with Crippen molar-refractivity contribution in [1.29, 1.82) is 0 Å². The van der Waals surface area contributed by atoms with E-state index in [4.69, 9.17) is 10.5 Å². The van der Waals surface area contributed by atoms with E-state index in [-0.39, 0.29) is 24.8 Å². The van der Waals surface area contributed by atoms with Crippen molar-refractivity contribution in [2.24, 2.45) is 26.6 Å². The molecule has 3 aliphatic rings. The van der Waals surface area contributed by atoms with Crippen LogP contribution in [-0.2, 0) is 10.3 Å². The Labute approximate surface area is 148 Å². The molecule has 0 bridgehead atoms. The summed E-state index contributed by atoms with van der Waals surface area (Å²) in [7, 11) is 0. The molecule has 1 saturated heterocycles. The smallest absolute Gasteiger partial charge is 0.154 e. The number of benzene rings is 1. The Morgan fingerprint density at radius 3 is 2.92 bits per heavy atom.